The van der Waals surface area contributed by atoms with Crippen molar-refractivity contribution in [1.82, 2.24) is 14.9 Å². The van der Waals surface area contributed by atoms with Crippen molar-refractivity contribution < 1.29 is 0 Å². The number of para-hydroxylation sites is 1. The van der Waals surface area contributed by atoms with Crippen LogP contribution in [0.1, 0.15) is 0 Å². The molecule has 0 saturated heterocycles. The molecule has 2 aromatic heterocycles. The van der Waals surface area contributed by atoms with Gasteiger partial charge in [-0.2, -0.15) is 9.89 Å². The van der Waals surface area contributed by atoms with Gasteiger partial charge in [0.2, 0.25) is 5.13 Å². The summed E-state index contributed by atoms with van der Waals surface area (Å²) < 4.78 is 1.17. The van der Waals surface area contributed by atoms with Crippen LogP contribution in [0.15, 0.2) is 42.7 Å². The molecule has 0 atom stereocenters. The summed E-state index contributed by atoms with van der Waals surface area (Å²) in [5.41, 5.74) is 4.10. The van der Waals surface area contributed by atoms with Crippen LogP contribution < -0.4 is 5.43 Å². The second kappa shape index (κ2) is 3.36. The van der Waals surface area contributed by atoms with Crippen LogP contribution in [0, 0.1) is 0 Å². The normalized spacial score (nSPS) is 10.7. The monoisotopic (exact) mass is 216 g/mol. The Morgan fingerprint density at radius 1 is 1.20 bits per heavy atom. The molecule has 74 valence electrons. The van der Waals surface area contributed by atoms with Gasteiger partial charge in [-0.05, 0) is 18.2 Å². The van der Waals surface area contributed by atoms with Gasteiger partial charge in [-0.3, -0.25) is 5.43 Å². The second-order valence-corrected chi connectivity index (χ2v) is 4.08. The van der Waals surface area contributed by atoms with E-state index in [0.717, 1.165) is 10.6 Å². The van der Waals surface area contributed by atoms with Crippen molar-refractivity contribution in [3.8, 4) is 0 Å². The van der Waals surface area contributed by atoms with Crippen LogP contribution in [0.4, 0.5) is 5.13 Å². The summed E-state index contributed by atoms with van der Waals surface area (Å²) >= 11 is 1.61. The van der Waals surface area contributed by atoms with Crippen LogP contribution in [0.3, 0.4) is 0 Å². The van der Waals surface area contributed by atoms with Crippen molar-refractivity contribution in [2.24, 2.45) is 0 Å². The van der Waals surface area contributed by atoms with E-state index in [1.807, 2.05) is 30.5 Å². The predicted octanol–water partition coefficient (Wildman–Crippen LogP) is 2.37. The molecule has 5 heteroatoms. The van der Waals surface area contributed by atoms with Crippen molar-refractivity contribution in [2.45, 2.75) is 0 Å². The van der Waals surface area contributed by atoms with Gasteiger partial charge >= 0.3 is 0 Å². The topological polar surface area (TPSA) is 42.7 Å². The van der Waals surface area contributed by atoms with Gasteiger partial charge < -0.3 is 0 Å². The number of aromatic nitrogens is 3. The van der Waals surface area contributed by atoms with E-state index >= 15 is 0 Å². The maximum absolute atomic E-state index is 4.43. The lowest BCUT2D eigenvalue weighted by Crippen LogP contribution is -2.08. The molecular formula is C10H8N4S. The lowest BCUT2D eigenvalue weighted by atomic mass is 10.3. The SMILES string of the molecule is c1ccc2sc(Nn3cccn3)nc2c1. The first-order valence-electron chi connectivity index (χ1n) is 4.54. The highest BCUT2D eigenvalue weighted by Gasteiger charge is 2.02. The highest BCUT2D eigenvalue weighted by atomic mass is 32.1. The summed E-state index contributed by atoms with van der Waals surface area (Å²) in [6.07, 6.45) is 3.56. The molecule has 4 nitrogen and oxygen atoms in total. The van der Waals surface area contributed by atoms with E-state index in [-0.39, 0.29) is 0 Å². The minimum atomic E-state index is 0.847. The summed E-state index contributed by atoms with van der Waals surface area (Å²) in [6.45, 7) is 0. The number of fused-ring (bicyclic) bond motifs is 1. The number of hydrogen-bond acceptors (Lipinski definition) is 4. The molecule has 1 aromatic carbocycles. The van der Waals surface area contributed by atoms with E-state index in [2.05, 4.69) is 21.6 Å². The first-order valence-corrected chi connectivity index (χ1v) is 5.36. The molecule has 15 heavy (non-hydrogen) atoms. The van der Waals surface area contributed by atoms with E-state index in [1.54, 1.807) is 22.3 Å². The number of benzene rings is 1. The highest BCUT2D eigenvalue weighted by Crippen LogP contribution is 2.25. The van der Waals surface area contributed by atoms with Crippen LogP contribution in [-0.4, -0.2) is 14.9 Å². The Labute approximate surface area is 90.2 Å². The molecule has 1 N–H and O–H groups in total. The van der Waals surface area contributed by atoms with Gasteiger partial charge in [0.15, 0.2) is 0 Å². The van der Waals surface area contributed by atoms with E-state index in [9.17, 15) is 0 Å². The maximum atomic E-state index is 4.43. The van der Waals surface area contributed by atoms with Crippen molar-refractivity contribution >= 4 is 26.7 Å². The van der Waals surface area contributed by atoms with Crippen molar-refractivity contribution in [3.05, 3.63) is 42.7 Å². The van der Waals surface area contributed by atoms with Gasteiger partial charge in [0.25, 0.3) is 0 Å². The van der Waals surface area contributed by atoms with E-state index in [0.29, 0.717) is 0 Å². The van der Waals surface area contributed by atoms with Crippen molar-refractivity contribution in [3.63, 3.8) is 0 Å². The summed E-state index contributed by atoms with van der Waals surface area (Å²) in [7, 11) is 0. The summed E-state index contributed by atoms with van der Waals surface area (Å²) in [5, 5.41) is 4.90. The first-order chi connectivity index (χ1) is 7.42. The Morgan fingerprint density at radius 2 is 2.13 bits per heavy atom. The quantitative estimate of drug-likeness (QED) is 0.715. The zero-order valence-corrected chi connectivity index (χ0v) is 8.61. The third kappa shape index (κ3) is 1.57. The highest BCUT2D eigenvalue weighted by molar-refractivity contribution is 7.22. The van der Waals surface area contributed by atoms with Crippen LogP contribution >= 0.6 is 11.3 Å². The molecule has 0 unspecified atom stereocenters. The molecule has 3 aromatic rings. The Kier molecular flexibility index (Phi) is 1.89. The van der Waals surface area contributed by atoms with Crippen molar-refractivity contribution in [2.75, 3.05) is 5.43 Å². The molecule has 0 saturated carbocycles. The van der Waals surface area contributed by atoms with Crippen LogP contribution in [0.2, 0.25) is 0 Å². The van der Waals surface area contributed by atoms with Crippen LogP contribution in [0.25, 0.3) is 10.2 Å². The lowest BCUT2D eigenvalue weighted by Gasteiger charge is -1.99. The zero-order valence-electron chi connectivity index (χ0n) is 7.79. The standard InChI is InChI=1S/C10H8N4S/c1-2-5-9-8(4-1)12-10(15-9)13-14-7-3-6-11-14/h1-7H,(H,12,13). The Morgan fingerprint density at radius 3 is 2.93 bits per heavy atom. The largest absolute Gasteiger partial charge is 0.253 e. The molecule has 0 fully saturated rings. The number of anilines is 1. The number of hydrogen-bond donors (Lipinski definition) is 1. The summed E-state index contributed by atoms with van der Waals surface area (Å²) in [6, 6.07) is 9.92. The van der Waals surface area contributed by atoms with E-state index in [1.165, 1.54) is 4.70 Å². The van der Waals surface area contributed by atoms with Gasteiger partial charge in [0, 0.05) is 6.20 Å². The third-order valence-corrected chi connectivity index (χ3v) is 2.95. The first kappa shape index (κ1) is 8.43. The molecular weight excluding hydrogens is 208 g/mol. The average Bonchev–Trinajstić information content (AvgIpc) is 2.86. The number of rotatable bonds is 2. The smallest absolute Gasteiger partial charge is 0.204 e. The fourth-order valence-corrected chi connectivity index (χ4v) is 2.21. The number of thiazole rings is 1. The van der Waals surface area contributed by atoms with Crippen LogP contribution in [0.5, 0.6) is 0 Å². The van der Waals surface area contributed by atoms with Gasteiger partial charge in [0.1, 0.15) is 0 Å². The molecule has 3 rings (SSSR count). The Bertz CT molecular complexity index is 537. The fourth-order valence-electron chi connectivity index (χ4n) is 1.35. The molecule has 0 aliphatic heterocycles. The second-order valence-electron chi connectivity index (χ2n) is 3.05. The molecule has 0 radical (unpaired) electrons. The molecule has 0 amide bonds. The van der Waals surface area contributed by atoms with Gasteiger partial charge in [-0.1, -0.05) is 23.5 Å². The molecule has 0 aliphatic carbocycles. The maximum Gasteiger partial charge on any atom is 0.204 e. The van der Waals surface area contributed by atoms with Gasteiger partial charge in [-0.25, -0.2) is 4.98 Å². The minimum Gasteiger partial charge on any atom is -0.253 e. The molecule has 0 spiro atoms. The summed E-state index contributed by atoms with van der Waals surface area (Å²) in [5.74, 6) is 0. The van der Waals surface area contributed by atoms with Crippen molar-refractivity contribution in [1.29, 1.82) is 0 Å². The molecule has 0 aliphatic rings. The van der Waals surface area contributed by atoms with E-state index < -0.39 is 0 Å². The molecule has 0 bridgehead atoms. The fraction of sp³-hybridized carbons (Fsp3) is 0. The Balaban J connectivity index is 1.98. The predicted molar refractivity (Wildman–Crippen MR) is 60.9 cm³/mol. The Hall–Kier alpha value is -1.88. The molecule has 2 heterocycles. The number of nitrogens with zero attached hydrogens (tertiary/aromatic N) is 3. The number of nitrogens with one attached hydrogen (secondary N) is 1. The minimum absolute atomic E-state index is 0.847. The third-order valence-electron chi connectivity index (χ3n) is 2.01. The van der Waals surface area contributed by atoms with Gasteiger partial charge in [0.05, 0.1) is 16.4 Å². The van der Waals surface area contributed by atoms with Gasteiger partial charge in [-0.15, -0.1) is 0 Å². The van der Waals surface area contributed by atoms with Crippen LogP contribution in [-0.2, 0) is 0 Å². The lowest BCUT2D eigenvalue weighted by molar-refractivity contribution is 0.802. The summed E-state index contributed by atoms with van der Waals surface area (Å²) in [4.78, 5) is 6.07. The van der Waals surface area contributed by atoms with E-state index in [4.69, 9.17) is 0 Å². The average molecular weight is 216 g/mol. The zero-order chi connectivity index (χ0) is 10.1.